The van der Waals surface area contributed by atoms with E-state index in [0.717, 1.165) is 25.7 Å². The molecule has 1 aromatic heterocycles. The number of ketones is 1. The summed E-state index contributed by atoms with van der Waals surface area (Å²) in [5.74, 6) is 0.321. The quantitative estimate of drug-likeness (QED) is 0.710. The van der Waals surface area contributed by atoms with Crippen LogP contribution < -0.4 is 0 Å². The van der Waals surface area contributed by atoms with Gasteiger partial charge in [0.05, 0.1) is 12.2 Å². The van der Waals surface area contributed by atoms with Gasteiger partial charge in [0.1, 0.15) is 5.69 Å². The maximum Gasteiger partial charge on any atom is 0.186 e. The number of aryl methyl sites for hydroxylation is 1. The van der Waals surface area contributed by atoms with Gasteiger partial charge in [-0.1, -0.05) is 0 Å². The van der Waals surface area contributed by atoms with Gasteiger partial charge in [-0.05, 0) is 31.7 Å². The second-order valence-corrected chi connectivity index (χ2v) is 4.86. The Morgan fingerprint density at radius 3 is 2.69 bits per heavy atom. The number of hydrogen-bond acceptors (Lipinski definition) is 3. The second-order valence-electron chi connectivity index (χ2n) is 4.86. The van der Waals surface area contributed by atoms with Crippen molar-refractivity contribution in [2.45, 2.75) is 37.9 Å². The number of nitrogens with zero attached hydrogens (tertiary/aromatic N) is 2. The standard InChI is InChI=1S/C12H16N2O2/c1-14-5-4-11(13-14)12(15)8-6-9-2-3-10(7-8)16-9/h4-5,8-10H,2-3,6-7H2,1H3. The third-order valence-electron chi connectivity index (χ3n) is 3.63. The van der Waals surface area contributed by atoms with Crippen LogP contribution in [0.1, 0.15) is 36.2 Å². The van der Waals surface area contributed by atoms with Gasteiger partial charge in [-0.25, -0.2) is 0 Å². The fraction of sp³-hybridized carbons (Fsp3) is 0.667. The molecule has 0 radical (unpaired) electrons. The SMILES string of the molecule is Cn1ccc(C(=O)C2CC3CCC(C2)O3)n1. The third kappa shape index (κ3) is 1.67. The van der Waals surface area contributed by atoms with E-state index in [1.165, 1.54) is 0 Å². The maximum absolute atomic E-state index is 12.2. The molecule has 3 rings (SSSR count). The lowest BCUT2D eigenvalue weighted by atomic mass is 9.90. The number of carbonyl (C=O) groups is 1. The Labute approximate surface area is 94.6 Å². The molecule has 2 fully saturated rings. The van der Waals surface area contributed by atoms with E-state index in [-0.39, 0.29) is 11.7 Å². The predicted molar refractivity (Wildman–Crippen MR) is 58.2 cm³/mol. The van der Waals surface area contributed by atoms with Crippen molar-refractivity contribution in [3.8, 4) is 0 Å². The first-order valence-electron chi connectivity index (χ1n) is 5.91. The van der Waals surface area contributed by atoms with Gasteiger partial charge < -0.3 is 4.74 Å². The molecule has 86 valence electrons. The number of hydrogen-bond donors (Lipinski definition) is 0. The van der Waals surface area contributed by atoms with E-state index in [2.05, 4.69) is 5.10 Å². The van der Waals surface area contributed by atoms with Gasteiger partial charge in [-0.3, -0.25) is 9.48 Å². The largest absolute Gasteiger partial charge is 0.375 e. The molecule has 2 unspecified atom stereocenters. The van der Waals surface area contributed by atoms with E-state index in [1.54, 1.807) is 10.7 Å². The first-order chi connectivity index (χ1) is 7.72. The van der Waals surface area contributed by atoms with Gasteiger partial charge in [0.15, 0.2) is 5.78 Å². The van der Waals surface area contributed by atoms with Crippen LogP contribution in [0, 0.1) is 5.92 Å². The Morgan fingerprint density at radius 2 is 2.12 bits per heavy atom. The monoisotopic (exact) mass is 220 g/mol. The molecule has 0 spiro atoms. The van der Waals surface area contributed by atoms with Crippen molar-refractivity contribution >= 4 is 5.78 Å². The molecule has 2 atom stereocenters. The van der Waals surface area contributed by atoms with E-state index >= 15 is 0 Å². The minimum atomic E-state index is 0.126. The van der Waals surface area contributed by atoms with Gasteiger partial charge in [0.2, 0.25) is 0 Å². The highest BCUT2D eigenvalue weighted by molar-refractivity contribution is 5.96. The fourth-order valence-corrected chi connectivity index (χ4v) is 2.83. The van der Waals surface area contributed by atoms with Crippen LogP contribution in [0.5, 0.6) is 0 Å². The molecule has 16 heavy (non-hydrogen) atoms. The van der Waals surface area contributed by atoms with E-state index in [9.17, 15) is 4.79 Å². The molecule has 1 aromatic rings. The predicted octanol–water partition coefficient (Wildman–Crippen LogP) is 1.56. The van der Waals surface area contributed by atoms with Crippen LogP contribution in [0.4, 0.5) is 0 Å². The lowest BCUT2D eigenvalue weighted by Gasteiger charge is -2.26. The molecular formula is C12H16N2O2. The molecule has 0 N–H and O–H groups in total. The summed E-state index contributed by atoms with van der Waals surface area (Å²) in [6.07, 6.45) is 6.46. The average Bonchev–Trinajstić information content (AvgIpc) is 2.84. The Balaban J connectivity index is 1.76. The molecule has 0 aliphatic carbocycles. The summed E-state index contributed by atoms with van der Waals surface area (Å²) in [5.41, 5.74) is 0.605. The molecule has 2 aliphatic rings. The average molecular weight is 220 g/mol. The topological polar surface area (TPSA) is 44.1 Å². The molecule has 3 heterocycles. The number of fused-ring (bicyclic) bond motifs is 2. The van der Waals surface area contributed by atoms with Gasteiger partial charge in [-0.2, -0.15) is 5.10 Å². The Morgan fingerprint density at radius 1 is 1.44 bits per heavy atom. The zero-order valence-electron chi connectivity index (χ0n) is 9.43. The number of rotatable bonds is 2. The first-order valence-corrected chi connectivity index (χ1v) is 5.91. The molecule has 4 nitrogen and oxygen atoms in total. The van der Waals surface area contributed by atoms with Crippen molar-refractivity contribution in [3.63, 3.8) is 0 Å². The van der Waals surface area contributed by atoms with Gasteiger partial charge in [-0.15, -0.1) is 0 Å². The minimum Gasteiger partial charge on any atom is -0.375 e. The minimum absolute atomic E-state index is 0.126. The summed E-state index contributed by atoms with van der Waals surface area (Å²) >= 11 is 0. The highest BCUT2D eigenvalue weighted by Crippen LogP contribution is 2.36. The van der Waals surface area contributed by atoms with Crippen LogP contribution in [0.15, 0.2) is 12.3 Å². The van der Waals surface area contributed by atoms with Gasteiger partial charge >= 0.3 is 0 Å². The zero-order valence-corrected chi connectivity index (χ0v) is 9.43. The highest BCUT2D eigenvalue weighted by Gasteiger charge is 2.38. The molecule has 0 aromatic carbocycles. The second kappa shape index (κ2) is 3.70. The lowest BCUT2D eigenvalue weighted by Crippen LogP contribution is -2.30. The lowest BCUT2D eigenvalue weighted by molar-refractivity contribution is -0.0150. The van der Waals surface area contributed by atoms with Crippen molar-refractivity contribution < 1.29 is 9.53 Å². The normalized spacial score (nSPS) is 32.9. The van der Waals surface area contributed by atoms with E-state index in [1.807, 2.05) is 13.2 Å². The molecule has 4 heteroatoms. The first kappa shape index (κ1) is 10.0. The van der Waals surface area contributed by atoms with Gasteiger partial charge in [0.25, 0.3) is 0 Å². The van der Waals surface area contributed by atoms with Crippen molar-refractivity contribution in [2.24, 2.45) is 13.0 Å². The highest BCUT2D eigenvalue weighted by atomic mass is 16.5. The summed E-state index contributed by atoms with van der Waals surface area (Å²) in [6, 6.07) is 1.81. The summed E-state index contributed by atoms with van der Waals surface area (Å²) in [6.45, 7) is 0. The Bertz CT molecular complexity index is 401. The van der Waals surface area contributed by atoms with Crippen molar-refractivity contribution in [3.05, 3.63) is 18.0 Å². The fourth-order valence-electron chi connectivity index (χ4n) is 2.83. The summed E-state index contributed by atoms with van der Waals surface area (Å²) in [4.78, 5) is 12.2. The van der Waals surface area contributed by atoms with Crippen molar-refractivity contribution in [1.29, 1.82) is 0 Å². The summed E-state index contributed by atoms with van der Waals surface area (Å²) < 4.78 is 7.42. The molecule has 2 bridgehead atoms. The molecule has 2 aliphatic heterocycles. The van der Waals surface area contributed by atoms with Gasteiger partial charge in [0, 0.05) is 19.2 Å². The van der Waals surface area contributed by atoms with Crippen LogP contribution in [0.25, 0.3) is 0 Å². The molecule has 0 saturated carbocycles. The number of ether oxygens (including phenoxy) is 1. The number of carbonyl (C=O) groups excluding carboxylic acids is 1. The molecule has 0 amide bonds. The van der Waals surface area contributed by atoms with E-state index in [4.69, 9.17) is 4.74 Å². The maximum atomic E-state index is 12.2. The number of aromatic nitrogens is 2. The van der Waals surface area contributed by atoms with Crippen LogP contribution in [-0.4, -0.2) is 27.8 Å². The van der Waals surface area contributed by atoms with Crippen LogP contribution >= 0.6 is 0 Å². The molecular weight excluding hydrogens is 204 g/mol. The van der Waals surface area contributed by atoms with Crippen LogP contribution in [-0.2, 0) is 11.8 Å². The summed E-state index contributed by atoms with van der Waals surface area (Å²) in [5, 5.41) is 4.18. The smallest absolute Gasteiger partial charge is 0.186 e. The van der Waals surface area contributed by atoms with Crippen LogP contribution in [0.2, 0.25) is 0 Å². The van der Waals surface area contributed by atoms with Crippen molar-refractivity contribution in [2.75, 3.05) is 0 Å². The van der Waals surface area contributed by atoms with Crippen molar-refractivity contribution in [1.82, 2.24) is 9.78 Å². The van der Waals surface area contributed by atoms with E-state index < -0.39 is 0 Å². The molecule has 2 saturated heterocycles. The Kier molecular flexibility index (Phi) is 2.32. The Hall–Kier alpha value is -1.16. The van der Waals surface area contributed by atoms with E-state index in [0.29, 0.717) is 17.9 Å². The third-order valence-corrected chi connectivity index (χ3v) is 3.63. The number of Topliss-reactive ketones (excluding diaryl/α,β-unsaturated/α-hetero) is 1. The van der Waals surface area contributed by atoms with Crippen LogP contribution in [0.3, 0.4) is 0 Å². The summed E-state index contributed by atoms with van der Waals surface area (Å²) in [7, 11) is 1.84. The zero-order chi connectivity index (χ0) is 11.1.